The molecule has 0 unspecified atom stereocenters. The molecule has 1 aromatic carbocycles. The molecule has 0 aliphatic heterocycles. The van der Waals surface area contributed by atoms with Crippen molar-refractivity contribution in [2.24, 2.45) is 0 Å². The van der Waals surface area contributed by atoms with Crippen molar-refractivity contribution in [3.63, 3.8) is 0 Å². The maximum atomic E-state index is 11.5. The second-order valence-corrected chi connectivity index (χ2v) is 3.52. The van der Waals surface area contributed by atoms with Gasteiger partial charge in [0.2, 0.25) is 5.88 Å². The molecule has 17 heavy (non-hydrogen) atoms. The van der Waals surface area contributed by atoms with E-state index in [1.54, 1.807) is 38.1 Å². The number of benzene rings is 1. The number of fused-ring (bicyclic) bond motifs is 1. The van der Waals surface area contributed by atoms with Crippen molar-refractivity contribution < 1.29 is 14.4 Å². The molecule has 0 spiro atoms. The van der Waals surface area contributed by atoms with Crippen molar-refractivity contribution in [3.05, 3.63) is 29.8 Å². The Labute approximate surface area is 98.9 Å². The Morgan fingerprint density at radius 1 is 1.29 bits per heavy atom. The Hall–Kier alpha value is -2.17. The van der Waals surface area contributed by atoms with Crippen molar-refractivity contribution in [3.8, 4) is 5.88 Å². The van der Waals surface area contributed by atoms with E-state index >= 15 is 0 Å². The average molecular weight is 234 g/mol. The summed E-state index contributed by atoms with van der Waals surface area (Å²) in [5.74, 6) is 0.464. The number of nitrogens with one attached hydrogen (secondary N) is 1. The Bertz CT molecular complexity index is 560. The molecule has 2 rings (SSSR count). The van der Waals surface area contributed by atoms with Gasteiger partial charge in [-0.3, -0.25) is 4.79 Å². The molecule has 1 aromatic heterocycles. The van der Waals surface area contributed by atoms with E-state index in [-0.39, 0.29) is 5.91 Å². The number of carbonyl (C=O) groups excluding carboxylic acids is 1. The normalized spacial score (nSPS) is 10.3. The van der Waals surface area contributed by atoms with Gasteiger partial charge in [-0.1, -0.05) is 6.07 Å². The quantitative estimate of drug-likeness (QED) is 0.864. The molecule has 0 atom stereocenters. The van der Waals surface area contributed by atoms with Crippen molar-refractivity contribution in [2.75, 3.05) is 21.3 Å². The number of methoxy groups -OCH3 is 1. The number of carbonyl (C=O) groups is 1. The van der Waals surface area contributed by atoms with Crippen molar-refractivity contribution >= 4 is 16.8 Å². The molecule has 2 aromatic rings. The molecule has 5 heteroatoms. The molecule has 1 heterocycles. The monoisotopic (exact) mass is 234 g/mol. The van der Waals surface area contributed by atoms with Gasteiger partial charge in [0, 0.05) is 24.1 Å². The lowest BCUT2D eigenvalue weighted by Gasteiger charge is -2.07. The van der Waals surface area contributed by atoms with Crippen LogP contribution in [0.2, 0.25) is 0 Å². The van der Waals surface area contributed by atoms with E-state index in [1.165, 1.54) is 0 Å². The highest BCUT2D eigenvalue weighted by Crippen LogP contribution is 2.25. The molecule has 90 valence electrons. The molecule has 1 amide bonds. The van der Waals surface area contributed by atoms with Gasteiger partial charge in [-0.25, -0.2) is 0 Å². The zero-order chi connectivity index (χ0) is 12.4. The largest absolute Gasteiger partial charge is 0.480 e. The molecule has 5 nitrogen and oxygen atoms in total. The molecular formula is C12H14N2O3. The van der Waals surface area contributed by atoms with E-state index in [4.69, 9.17) is 9.57 Å². The summed E-state index contributed by atoms with van der Waals surface area (Å²) < 4.78 is 6.73. The van der Waals surface area contributed by atoms with Crippen LogP contribution in [0.25, 0.3) is 10.9 Å². The number of rotatable bonds is 3. The lowest BCUT2D eigenvalue weighted by atomic mass is 10.1. The summed E-state index contributed by atoms with van der Waals surface area (Å²) in [6.45, 7) is 0. The van der Waals surface area contributed by atoms with Gasteiger partial charge >= 0.3 is 0 Å². The lowest BCUT2D eigenvalue weighted by molar-refractivity contribution is 0.0963. The van der Waals surface area contributed by atoms with Crippen molar-refractivity contribution in [2.45, 2.75) is 0 Å². The first-order valence-corrected chi connectivity index (χ1v) is 5.17. The smallest absolute Gasteiger partial charge is 0.251 e. The van der Waals surface area contributed by atoms with Crippen LogP contribution in [0.5, 0.6) is 5.88 Å². The topological polar surface area (TPSA) is 52.5 Å². The standard InChI is InChI=1S/C12H14N2O3/c1-13-12(15)9-5-4-8-7-11(16-2)14(17-3)10(8)6-9/h4-7H,1-3H3,(H,13,15). The van der Waals surface area contributed by atoms with Gasteiger partial charge in [0.25, 0.3) is 5.91 Å². The average Bonchev–Trinajstić information content (AvgIpc) is 2.74. The Kier molecular flexibility index (Phi) is 2.91. The maximum Gasteiger partial charge on any atom is 0.251 e. The Balaban J connectivity index is 2.62. The van der Waals surface area contributed by atoms with Gasteiger partial charge in [-0.15, -0.1) is 4.73 Å². The molecule has 0 fully saturated rings. The third-order valence-electron chi connectivity index (χ3n) is 2.61. The van der Waals surface area contributed by atoms with Crippen molar-refractivity contribution in [1.29, 1.82) is 0 Å². The van der Waals surface area contributed by atoms with E-state index < -0.39 is 0 Å². The SMILES string of the molecule is CNC(=O)c1ccc2cc(OC)n(OC)c2c1. The first-order valence-electron chi connectivity index (χ1n) is 5.17. The summed E-state index contributed by atoms with van der Waals surface area (Å²) in [6, 6.07) is 7.24. The molecule has 0 radical (unpaired) electrons. The summed E-state index contributed by atoms with van der Waals surface area (Å²) in [6.07, 6.45) is 0. The molecule has 0 aliphatic carbocycles. The summed E-state index contributed by atoms with van der Waals surface area (Å²) in [7, 11) is 4.72. The molecule has 1 N–H and O–H groups in total. The Morgan fingerprint density at radius 3 is 2.65 bits per heavy atom. The molecule has 0 aliphatic rings. The third-order valence-corrected chi connectivity index (χ3v) is 2.61. The molecule has 0 saturated carbocycles. The van der Waals surface area contributed by atoms with Gasteiger partial charge in [0.05, 0.1) is 12.6 Å². The molecule has 0 saturated heterocycles. The number of hydrogen-bond donors (Lipinski definition) is 1. The second kappa shape index (κ2) is 4.37. The predicted octanol–water partition coefficient (Wildman–Crippen LogP) is 1.07. The maximum absolute atomic E-state index is 11.5. The van der Waals surface area contributed by atoms with Crippen LogP contribution in [0, 0.1) is 0 Å². The van der Waals surface area contributed by atoms with Gasteiger partial charge in [-0.05, 0) is 12.1 Å². The fraction of sp³-hybridized carbons (Fsp3) is 0.250. The van der Waals surface area contributed by atoms with E-state index in [2.05, 4.69) is 5.32 Å². The van der Waals surface area contributed by atoms with Crippen LogP contribution < -0.4 is 14.9 Å². The number of hydrogen-bond acceptors (Lipinski definition) is 3. The zero-order valence-corrected chi connectivity index (χ0v) is 9.98. The van der Waals surface area contributed by atoms with Gasteiger partial charge in [-0.2, -0.15) is 0 Å². The summed E-state index contributed by atoms with van der Waals surface area (Å²) in [5, 5.41) is 3.54. The van der Waals surface area contributed by atoms with Crippen LogP contribution in [0.1, 0.15) is 10.4 Å². The minimum absolute atomic E-state index is 0.130. The summed E-state index contributed by atoms with van der Waals surface area (Å²) in [5.41, 5.74) is 1.38. The van der Waals surface area contributed by atoms with Crippen LogP contribution in [-0.4, -0.2) is 31.9 Å². The fourth-order valence-electron chi connectivity index (χ4n) is 1.77. The van der Waals surface area contributed by atoms with Crippen LogP contribution in [0.4, 0.5) is 0 Å². The second-order valence-electron chi connectivity index (χ2n) is 3.52. The molecule has 0 bridgehead atoms. The first kappa shape index (κ1) is 11.3. The first-order chi connectivity index (χ1) is 8.21. The predicted molar refractivity (Wildman–Crippen MR) is 64.4 cm³/mol. The third kappa shape index (κ3) is 1.80. The lowest BCUT2D eigenvalue weighted by Crippen LogP contribution is -2.17. The van der Waals surface area contributed by atoms with E-state index in [0.717, 1.165) is 10.9 Å². The number of nitrogens with zero attached hydrogens (tertiary/aromatic N) is 1. The van der Waals surface area contributed by atoms with Crippen molar-refractivity contribution in [1.82, 2.24) is 10.0 Å². The van der Waals surface area contributed by atoms with Gasteiger partial charge in [0.15, 0.2) is 0 Å². The zero-order valence-electron chi connectivity index (χ0n) is 9.98. The molecular weight excluding hydrogens is 220 g/mol. The minimum Gasteiger partial charge on any atom is -0.480 e. The summed E-state index contributed by atoms with van der Waals surface area (Å²) in [4.78, 5) is 16.8. The highest BCUT2D eigenvalue weighted by Gasteiger charge is 2.12. The highest BCUT2D eigenvalue weighted by atomic mass is 16.7. The Morgan fingerprint density at radius 2 is 2.06 bits per heavy atom. The fourth-order valence-corrected chi connectivity index (χ4v) is 1.77. The summed E-state index contributed by atoms with van der Waals surface area (Å²) >= 11 is 0. The minimum atomic E-state index is -0.130. The van der Waals surface area contributed by atoms with E-state index in [0.29, 0.717) is 11.4 Å². The van der Waals surface area contributed by atoms with E-state index in [9.17, 15) is 4.79 Å². The van der Waals surface area contributed by atoms with Crippen LogP contribution >= 0.6 is 0 Å². The number of amides is 1. The van der Waals surface area contributed by atoms with Crippen LogP contribution in [0.3, 0.4) is 0 Å². The number of aromatic nitrogens is 1. The highest BCUT2D eigenvalue weighted by molar-refractivity contribution is 5.98. The van der Waals surface area contributed by atoms with Crippen LogP contribution in [0.15, 0.2) is 24.3 Å². The van der Waals surface area contributed by atoms with Gasteiger partial charge < -0.3 is 14.9 Å². The number of ether oxygens (including phenoxy) is 1. The van der Waals surface area contributed by atoms with E-state index in [1.807, 2.05) is 12.1 Å². The van der Waals surface area contributed by atoms with Gasteiger partial charge in [0.1, 0.15) is 7.11 Å². The van der Waals surface area contributed by atoms with Crippen LogP contribution in [-0.2, 0) is 0 Å².